The molecule has 0 spiro atoms. The average Bonchev–Trinajstić information content (AvgIpc) is 2.73. The van der Waals surface area contributed by atoms with Crippen molar-refractivity contribution >= 4 is 11.2 Å². The van der Waals surface area contributed by atoms with Crippen LogP contribution in [0.15, 0.2) is 61.1 Å². The van der Waals surface area contributed by atoms with Crippen molar-refractivity contribution in [3.8, 4) is 22.8 Å². The number of nitrogens with zero attached hydrogens (tertiary/aromatic N) is 4. The van der Waals surface area contributed by atoms with Crippen molar-refractivity contribution in [2.24, 2.45) is 0 Å². The van der Waals surface area contributed by atoms with Crippen LogP contribution in [0.2, 0.25) is 0 Å². The second kappa shape index (κ2) is 7.37. The molecule has 4 rings (SSSR count). The Morgan fingerprint density at radius 3 is 2.30 bits per heavy atom. The van der Waals surface area contributed by atoms with Gasteiger partial charge in [0, 0.05) is 36.1 Å². The van der Waals surface area contributed by atoms with Gasteiger partial charge >= 0.3 is 0 Å². The molecular formula is C21H18N4O2. The molecule has 0 unspecified atom stereocenters. The summed E-state index contributed by atoms with van der Waals surface area (Å²) in [6.07, 6.45) is 5.87. The van der Waals surface area contributed by atoms with Gasteiger partial charge in [0.25, 0.3) is 0 Å². The van der Waals surface area contributed by atoms with Gasteiger partial charge in [0.2, 0.25) is 0 Å². The zero-order valence-electron chi connectivity index (χ0n) is 15.1. The van der Waals surface area contributed by atoms with E-state index in [9.17, 15) is 0 Å². The fraction of sp³-hybridized carbons (Fsp3) is 0.143. The van der Waals surface area contributed by atoms with Crippen molar-refractivity contribution < 1.29 is 9.47 Å². The third-order valence-corrected chi connectivity index (χ3v) is 4.24. The molecule has 0 saturated carbocycles. The number of fused-ring (bicyclic) bond motifs is 1. The highest BCUT2D eigenvalue weighted by atomic mass is 16.5. The summed E-state index contributed by atoms with van der Waals surface area (Å²) < 4.78 is 10.7. The zero-order chi connectivity index (χ0) is 18.6. The third kappa shape index (κ3) is 3.69. The highest BCUT2D eigenvalue weighted by Gasteiger charge is 2.08. The fourth-order valence-electron chi connectivity index (χ4n) is 2.87. The van der Waals surface area contributed by atoms with E-state index in [0.717, 1.165) is 39.5 Å². The number of hydrogen-bond acceptors (Lipinski definition) is 6. The molecule has 6 nitrogen and oxygen atoms in total. The molecule has 0 radical (unpaired) electrons. The first-order chi connectivity index (χ1) is 13.2. The number of ether oxygens (including phenoxy) is 2. The molecule has 0 N–H and O–H groups in total. The van der Waals surface area contributed by atoms with Crippen molar-refractivity contribution in [1.29, 1.82) is 0 Å². The van der Waals surface area contributed by atoms with Crippen LogP contribution in [0.3, 0.4) is 0 Å². The number of rotatable bonds is 5. The molecular weight excluding hydrogens is 340 g/mol. The SMILES string of the molecule is COc1cc(Cc2ccc3ncc(-c4ccncc4)nc3n2)cc(OC)c1. The van der Waals surface area contributed by atoms with E-state index in [1.807, 2.05) is 42.5 Å². The number of methoxy groups -OCH3 is 2. The minimum absolute atomic E-state index is 0.622. The van der Waals surface area contributed by atoms with Crippen LogP contribution in [-0.2, 0) is 6.42 Å². The predicted octanol–water partition coefficient (Wildman–Crippen LogP) is 3.69. The number of benzene rings is 1. The zero-order valence-corrected chi connectivity index (χ0v) is 15.1. The van der Waals surface area contributed by atoms with Gasteiger partial charge in [-0.15, -0.1) is 0 Å². The van der Waals surface area contributed by atoms with Gasteiger partial charge in [0.1, 0.15) is 17.0 Å². The highest BCUT2D eigenvalue weighted by Crippen LogP contribution is 2.24. The fourth-order valence-corrected chi connectivity index (χ4v) is 2.87. The number of hydrogen-bond donors (Lipinski definition) is 0. The van der Waals surface area contributed by atoms with Crippen molar-refractivity contribution in [2.45, 2.75) is 6.42 Å². The lowest BCUT2D eigenvalue weighted by molar-refractivity contribution is 0.393. The van der Waals surface area contributed by atoms with Gasteiger partial charge < -0.3 is 9.47 Å². The molecule has 3 aromatic heterocycles. The van der Waals surface area contributed by atoms with Crippen molar-refractivity contribution in [2.75, 3.05) is 14.2 Å². The van der Waals surface area contributed by atoms with Crippen LogP contribution in [0, 0.1) is 0 Å². The van der Waals surface area contributed by atoms with Gasteiger partial charge in [0.15, 0.2) is 5.65 Å². The predicted molar refractivity (Wildman–Crippen MR) is 103 cm³/mol. The number of pyridine rings is 2. The van der Waals surface area contributed by atoms with Gasteiger partial charge in [-0.1, -0.05) is 0 Å². The van der Waals surface area contributed by atoms with Crippen LogP contribution in [0.4, 0.5) is 0 Å². The van der Waals surface area contributed by atoms with E-state index in [0.29, 0.717) is 12.1 Å². The maximum Gasteiger partial charge on any atom is 0.179 e. The van der Waals surface area contributed by atoms with E-state index in [4.69, 9.17) is 14.5 Å². The first-order valence-electron chi connectivity index (χ1n) is 8.50. The Hall–Kier alpha value is -3.54. The van der Waals surface area contributed by atoms with E-state index in [1.165, 1.54) is 0 Å². The van der Waals surface area contributed by atoms with E-state index < -0.39 is 0 Å². The van der Waals surface area contributed by atoms with Crippen molar-refractivity contribution in [1.82, 2.24) is 19.9 Å². The van der Waals surface area contributed by atoms with E-state index in [1.54, 1.807) is 32.8 Å². The van der Waals surface area contributed by atoms with Crippen LogP contribution in [0.1, 0.15) is 11.3 Å². The summed E-state index contributed by atoms with van der Waals surface area (Å²) in [5.41, 5.74) is 5.08. The number of aromatic nitrogens is 4. The smallest absolute Gasteiger partial charge is 0.179 e. The molecule has 3 heterocycles. The summed E-state index contributed by atoms with van der Waals surface area (Å²) in [6, 6.07) is 13.5. The normalized spacial score (nSPS) is 10.7. The topological polar surface area (TPSA) is 70.0 Å². The lowest BCUT2D eigenvalue weighted by Gasteiger charge is -2.09. The summed E-state index contributed by atoms with van der Waals surface area (Å²) >= 11 is 0. The monoisotopic (exact) mass is 358 g/mol. The van der Waals surface area contributed by atoms with Crippen LogP contribution >= 0.6 is 0 Å². The Balaban J connectivity index is 1.69. The third-order valence-electron chi connectivity index (χ3n) is 4.24. The second-order valence-electron chi connectivity index (χ2n) is 6.03. The summed E-state index contributed by atoms with van der Waals surface area (Å²) in [5.74, 6) is 1.51. The second-order valence-corrected chi connectivity index (χ2v) is 6.03. The summed E-state index contributed by atoms with van der Waals surface area (Å²) in [7, 11) is 3.28. The van der Waals surface area contributed by atoms with Crippen LogP contribution < -0.4 is 9.47 Å². The van der Waals surface area contributed by atoms with Crippen LogP contribution in [0.25, 0.3) is 22.4 Å². The Bertz CT molecular complexity index is 1060. The average molecular weight is 358 g/mol. The Kier molecular flexibility index (Phi) is 4.61. The molecule has 0 amide bonds. The van der Waals surface area contributed by atoms with Gasteiger partial charge in [-0.3, -0.25) is 9.97 Å². The van der Waals surface area contributed by atoms with Gasteiger partial charge in [-0.25, -0.2) is 9.97 Å². The Morgan fingerprint density at radius 2 is 1.59 bits per heavy atom. The molecule has 134 valence electrons. The summed E-state index contributed by atoms with van der Waals surface area (Å²) in [6.45, 7) is 0. The van der Waals surface area contributed by atoms with Crippen LogP contribution in [-0.4, -0.2) is 34.2 Å². The van der Waals surface area contributed by atoms with Crippen LogP contribution in [0.5, 0.6) is 11.5 Å². The van der Waals surface area contributed by atoms with Gasteiger partial charge in [0.05, 0.1) is 26.1 Å². The standard InChI is InChI=1S/C21H18N4O2/c1-26-17-10-14(11-18(12-17)27-2)9-16-3-4-19-21(24-16)25-20(13-23-19)15-5-7-22-8-6-15/h3-8,10-13H,9H2,1-2H3. The molecule has 4 aromatic rings. The first kappa shape index (κ1) is 16.9. The quantitative estimate of drug-likeness (QED) is 0.542. The minimum Gasteiger partial charge on any atom is -0.497 e. The van der Waals surface area contributed by atoms with E-state index >= 15 is 0 Å². The molecule has 0 fully saturated rings. The molecule has 0 aliphatic heterocycles. The molecule has 0 aliphatic rings. The maximum absolute atomic E-state index is 5.34. The Morgan fingerprint density at radius 1 is 0.852 bits per heavy atom. The largest absolute Gasteiger partial charge is 0.497 e. The lowest BCUT2D eigenvalue weighted by Crippen LogP contribution is -1.98. The van der Waals surface area contributed by atoms with E-state index in [-0.39, 0.29) is 0 Å². The molecule has 0 atom stereocenters. The molecule has 0 bridgehead atoms. The highest BCUT2D eigenvalue weighted by molar-refractivity contribution is 5.73. The first-order valence-corrected chi connectivity index (χ1v) is 8.50. The van der Waals surface area contributed by atoms with E-state index in [2.05, 4.69) is 15.0 Å². The molecule has 0 saturated heterocycles. The maximum atomic E-state index is 5.34. The summed E-state index contributed by atoms with van der Waals surface area (Å²) in [4.78, 5) is 17.9. The molecule has 6 heteroatoms. The molecule has 0 aliphatic carbocycles. The summed E-state index contributed by atoms with van der Waals surface area (Å²) in [5, 5.41) is 0. The lowest BCUT2D eigenvalue weighted by atomic mass is 10.1. The van der Waals surface area contributed by atoms with Gasteiger partial charge in [-0.05, 0) is 42.0 Å². The Labute approximate surface area is 156 Å². The molecule has 1 aromatic carbocycles. The van der Waals surface area contributed by atoms with Crippen molar-refractivity contribution in [3.05, 3.63) is 72.3 Å². The van der Waals surface area contributed by atoms with Crippen molar-refractivity contribution in [3.63, 3.8) is 0 Å². The van der Waals surface area contributed by atoms with Gasteiger partial charge in [-0.2, -0.15) is 0 Å². The minimum atomic E-state index is 0.622. The molecule has 27 heavy (non-hydrogen) atoms.